The summed E-state index contributed by atoms with van der Waals surface area (Å²) in [5, 5.41) is 3.04. The molecule has 148 valence electrons. The summed E-state index contributed by atoms with van der Waals surface area (Å²) in [6.45, 7) is 8.14. The summed E-state index contributed by atoms with van der Waals surface area (Å²) in [6, 6.07) is 18.1. The van der Waals surface area contributed by atoms with Gasteiger partial charge in [0, 0.05) is 41.9 Å². The number of pyridine rings is 1. The summed E-state index contributed by atoms with van der Waals surface area (Å²) in [7, 11) is 0. The summed E-state index contributed by atoms with van der Waals surface area (Å²) in [6.07, 6.45) is 2.89. The molecule has 2 aromatic carbocycles. The predicted molar refractivity (Wildman–Crippen MR) is 119 cm³/mol. The van der Waals surface area contributed by atoms with Gasteiger partial charge in [-0.05, 0) is 72.4 Å². The number of hydrogen-bond acceptors (Lipinski definition) is 3. The lowest BCUT2D eigenvalue weighted by molar-refractivity contribution is 0.102. The fourth-order valence-electron chi connectivity index (χ4n) is 3.87. The van der Waals surface area contributed by atoms with Crippen molar-refractivity contribution in [2.24, 2.45) is 0 Å². The van der Waals surface area contributed by atoms with Crippen LogP contribution in [-0.4, -0.2) is 17.4 Å². The molecular formula is C25H27N3O. The summed E-state index contributed by atoms with van der Waals surface area (Å²) in [4.78, 5) is 19.6. The predicted octanol–water partition coefficient (Wildman–Crippen LogP) is 5.33. The smallest absolute Gasteiger partial charge is 0.255 e. The first-order chi connectivity index (χ1) is 14.0. The van der Waals surface area contributed by atoms with Crippen LogP contribution in [0, 0.1) is 6.92 Å². The zero-order chi connectivity index (χ0) is 20.4. The molecule has 0 saturated heterocycles. The highest BCUT2D eigenvalue weighted by Gasteiger charge is 2.19. The first kappa shape index (κ1) is 19.2. The van der Waals surface area contributed by atoms with Gasteiger partial charge >= 0.3 is 0 Å². The number of fused-ring (bicyclic) bond motifs is 1. The van der Waals surface area contributed by atoms with Crippen LogP contribution in [0.15, 0.2) is 60.8 Å². The van der Waals surface area contributed by atoms with E-state index in [4.69, 9.17) is 0 Å². The zero-order valence-electron chi connectivity index (χ0n) is 17.3. The Morgan fingerprint density at radius 3 is 2.76 bits per heavy atom. The van der Waals surface area contributed by atoms with Crippen molar-refractivity contribution in [2.45, 2.75) is 39.7 Å². The van der Waals surface area contributed by atoms with Crippen molar-refractivity contribution < 1.29 is 4.79 Å². The van der Waals surface area contributed by atoms with Crippen molar-refractivity contribution in [1.29, 1.82) is 0 Å². The number of aromatic nitrogens is 1. The number of aryl methyl sites for hydroxylation is 1. The second-order valence-corrected chi connectivity index (χ2v) is 7.99. The second-order valence-electron chi connectivity index (χ2n) is 7.99. The lowest BCUT2D eigenvalue weighted by Gasteiger charge is -2.31. The molecule has 0 radical (unpaired) electrons. The van der Waals surface area contributed by atoms with Gasteiger partial charge in [0.2, 0.25) is 0 Å². The molecule has 2 heterocycles. The Morgan fingerprint density at radius 2 is 1.93 bits per heavy atom. The molecule has 0 unspecified atom stereocenters. The third kappa shape index (κ3) is 4.16. The van der Waals surface area contributed by atoms with Crippen molar-refractivity contribution in [1.82, 2.24) is 4.98 Å². The topological polar surface area (TPSA) is 45.2 Å². The molecule has 0 fully saturated rings. The minimum atomic E-state index is -0.0805. The maximum Gasteiger partial charge on any atom is 0.255 e. The molecule has 0 aliphatic carbocycles. The van der Waals surface area contributed by atoms with E-state index in [0.717, 1.165) is 36.6 Å². The van der Waals surface area contributed by atoms with E-state index in [0.29, 0.717) is 11.5 Å². The molecule has 4 nitrogen and oxygen atoms in total. The Labute approximate surface area is 172 Å². The van der Waals surface area contributed by atoms with Crippen LogP contribution in [0.2, 0.25) is 0 Å². The van der Waals surface area contributed by atoms with Crippen LogP contribution in [0.3, 0.4) is 0 Å². The highest BCUT2D eigenvalue weighted by atomic mass is 16.1. The van der Waals surface area contributed by atoms with Crippen molar-refractivity contribution >= 4 is 17.3 Å². The van der Waals surface area contributed by atoms with Crippen LogP contribution in [-0.2, 0) is 13.0 Å². The lowest BCUT2D eigenvalue weighted by Crippen LogP contribution is -2.31. The van der Waals surface area contributed by atoms with E-state index >= 15 is 0 Å². The normalized spacial score (nSPS) is 13.3. The molecule has 4 rings (SSSR count). The lowest BCUT2D eigenvalue weighted by atomic mass is 9.98. The van der Waals surface area contributed by atoms with Crippen LogP contribution >= 0.6 is 0 Å². The Bertz CT molecular complexity index is 1040. The first-order valence-corrected chi connectivity index (χ1v) is 10.2. The summed E-state index contributed by atoms with van der Waals surface area (Å²) in [5.41, 5.74) is 7.57. The van der Waals surface area contributed by atoms with E-state index < -0.39 is 0 Å². The number of benzene rings is 2. The maximum atomic E-state index is 12.8. The SMILES string of the molecule is Cc1nccc2c1CN(c1cccc(C(=O)Nc3cccc(C(C)C)c3)c1)CC2. The van der Waals surface area contributed by atoms with Gasteiger partial charge in [0.1, 0.15) is 0 Å². The number of amides is 1. The molecule has 1 aliphatic heterocycles. The Balaban J connectivity index is 1.52. The van der Waals surface area contributed by atoms with Gasteiger partial charge in [0.25, 0.3) is 5.91 Å². The number of anilines is 2. The fourth-order valence-corrected chi connectivity index (χ4v) is 3.87. The molecule has 3 aromatic rings. The first-order valence-electron chi connectivity index (χ1n) is 10.2. The molecule has 1 amide bonds. The summed E-state index contributed by atoms with van der Waals surface area (Å²) < 4.78 is 0. The van der Waals surface area contributed by atoms with E-state index in [-0.39, 0.29) is 5.91 Å². The summed E-state index contributed by atoms with van der Waals surface area (Å²) in [5.74, 6) is 0.345. The molecule has 29 heavy (non-hydrogen) atoms. The monoisotopic (exact) mass is 385 g/mol. The van der Waals surface area contributed by atoms with Crippen molar-refractivity contribution in [3.05, 3.63) is 88.7 Å². The van der Waals surface area contributed by atoms with Crippen LogP contribution in [0.25, 0.3) is 0 Å². The molecule has 4 heteroatoms. The van der Waals surface area contributed by atoms with Gasteiger partial charge in [-0.3, -0.25) is 9.78 Å². The average Bonchev–Trinajstić information content (AvgIpc) is 2.74. The maximum absolute atomic E-state index is 12.8. The van der Waals surface area contributed by atoms with Gasteiger partial charge < -0.3 is 10.2 Å². The van der Waals surface area contributed by atoms with Gasteiger partial charge in [-0.1, -0.05) is 32.0 Å². The van der Waals surface area contributed by atoms with Gasteiger partial charge in [0.15, 0.2) is 0 Å². The molecule has 1 aromatic heterocycles. The van der Waals surface area contributed by atoms with Crippen LogP contribution < -0.4 is 10.2 Å². The molecule has 1 aliphatic rings. The van der Waals surface area contributed by atoms with Gasteiger partial charge in [0.05, 0.1) is 0 Å². The highest BCUT2D eigenvalue weighted by Crippen LogP contribution is 2.27. The van der Waals surface area contributed by atoms with E-state index in [9.17, 15) is 4.79 Å². The highest BCUT2D eigenvalue weighted by molar-refractivity contribution is 6.04. The Morgan fingerprint density at radius 1 is 1.10 bits per heavy atom. The van der Waals surface area contributed by atoms with Crippen LogP contribution in [0.1, 0.15) is 52.5 Å². The second kappa shape index (κ2) is 8.08. The number of carbonyl (C=O) groups is 1. The van der Waals surface area contributed by atoms with E-state index in [1.54, 1.807) is 0 Å². The van der Waals surface area contributed by atoms with E-state index in [1.807, 2.05) is 42.6 Å². The number of nitrogens with zero attached hydrogens (tertiary/aromatic N) is 2. The van der Waals surface area contributed by atoms with Gasteiger partial charge in [-0.25, -0.2) is 0 Å². The Kier molecular flexibility index (Phi) is 5.34. The van der Waals surface area contributed by atoms with Gasteiger partial charge in [-0.2, -0.15) is 0 Å². The van der Waals surface area contributed by atoms with Crippen LogP contribution in [0.4, 0.5) is 11.4 Å². The van der Waals surface area contributed by atoms with E-state index in [1.165, 1.54) is 16.7 Å². The largest absolute Gasteiger partial charge is 0.367 e. The number of nitrogens with one attached hydrogen (secondary N) is 1. The third-order valence-electron chi connectivity index (χ3n) is 5.65. The zero-order valence-corrected chi connectivity index (χ0v) is 17.3. The van der Waals surface area contributed by atoms with E-state index in [2.05, 4.69) is 54.2 Å². The third-order valence-corrected chi connectivity index (χ3v) is 5.65. The quantitative estimate of drug-likeness (QED) is 0.660. The number of hydrogen-bond donors (Lipinski definition) is 1. The molecule has 1 N–H and O–H groups in total. The molecule has 0 saturated carbocycles. The van der Waals surface area contributed by atoms with Crippen molar-refractivity contribution in [3.63, 3.8) is 0 Å². The molecular weight excluding hydrogens is 358 g/mol. The van der Waals surface area contributed by atoms with Crippen molar-refractivity contribution in [2.75, 3.05) is 16.8 Å². The standard InChI is InChI=1S/C25H27N3O/c1-17(2)20-6-4-8-22(14-20)27-25(29)21-7-5-9-23(15-21)28-13-11-19-10-12-26-18(3)24(19)16-28/h4-10,12,14-15,17H,11,13,16H2,1-3H3,(H,27,29). The molecule has 0 atom stereocenters. The number of carbonyl (C=O) groups excluding carboxylic acids is 1. The Hall–Kier alpha value is -3.14. The van der Waals surface area contributed by atoms with Crippen LogP contribution in [0.5, 0.6) is 0 Å². The van der Waals surface area contributed by atoms with Crippen molar-refractivity contribution in [3.8, 4) is 0 Å². The average molecular weight is 386 g/mol. The molecule has 0 bridgehead atoms. The summed E-state index contributed by atoms with van der Waals surface area (Å²) >= 11 is 0. The molecule has 0 spiro atoms. The van der Waals surface area contributed by atoms with Gasteiger partial charge in [-0.15, -0.1) is 0 Å². The minimum absolute atomic E-state index is 0.0805. The number of rotatable bonds is 4. The fraction of sp³-hybridized carbons (Fsp3) is 0.280. The minimum Gasteiger partial charge on any atom is -0.367 e.